The summed E-state index contributed by atoms with van der Waals surface area (Å²) in [4.78, 5) is 3.88. The Hall–Kier alpha value is -2.24. The van der Waals surface area contributed by atoms with Crippen molar-refractivity contribution >= 4 is 5.69 Å². The third kappa shape index (κ3) is 2.96. The molecule has 1 heterocycles. The number of aromatic nitrogens is 1. The van der Waals surface area contributed by atoms with E-state index in [1.807, 2.05) is 0 Å². The minimum atomic E-state index is -4.49. The fraction of sp³-hybridized carbons (Fsp3) is 0.154. The molecular formula is C13H11F3N2O. The first kappa shape index (κ1) is 13.2. The number of hydrogen-bond acceptors (Lipinski definition) is 3. The van der Waals surface area contributed by atoms with Gasteiger partial charge >= 0.3 is 6.18 Å². The van der Waals surface area contributed by atoms with E-state index in [9.17, 15) is 13.2 Å². The summed E-state index contributed by atoms with van der Waals surface area (Å²) in [6.45, 7) is 1.77. The number of alkyl halides is 3. The van der Waals surface area contributed by atoms with Gasteiger partial charge in [-0.05, 0) is 30.7 Å². The van der Waals surface area contributed by atoms with Gasteiger partial charge in [0.15, 0.2) is 0 Å². The fourth-order valence-electron chi connectivity index (χ4n) is 1.56. The Labute approximate surface area is 107 Å². The molecule has 0 spiro atoms. The molecule has 0 fully saturated rings. The second-order valence-corrected chi connectivity index (χ2v) is 4.00. The lowest BCUT2D eigenvalue weighted by molar-refractivity contribution is -0.138. The van der Waals surface area contributed by atoms with E-state index < -0.39 is 11.7 Å². The van der Waals surface area contributed by atoms with Crippen molar-refractivity contribution in [2.45, 2.75) is 13.1 Å². The van der Waals surface area contributed by atoms with Crippen LogP contribution in [0.1, 0.15) is 11.1 Å². The van der Waals surface area contributed by atoms with Crippen LogP contribution < -0.4 is 10.5 Å². The zero-order valence-electron chi connectivity index (χ0n) is 10.0. The van der Waals surface area contributed by atoms with E-state index in [4.69, 9.17) is 10.5 Å². The Kier molecular flexibility index (Phi) is 3.33. The molecule has 0 saturated carbocycles. The molecule has 2 N–H and O–H groups in total. The number of ether oxygens (including phenoxy) is 1. The molecule has 2 rings (SSSR count). The van der Waals surface area contributed by atoms with E-state index in [0.29, 0.717) is 0 Å². The van der Waals surface area contributed by atoms with Crippen LogP contribution in [0.3, 0.4) is 0 Å². The van der Waals surface area contributed by atoms with Crippen LogP contribution in [-0.2, 0) is 6.18 Å². The summed E-state index contributed by atoms with van der Waals surface area (Å²) in [5.41, 5.74) is 5.79. The number of halogens is 3. The van der Waals surface area contributed by atoms with Crippen molar-refractivity contribution < 1.29 is 17.9 Å². The highest BCUT2D eigenvalue weighted by Gasteiger charge is 2.34. The summed E-state index contributed by atoms with van der Waals surface area (Å²) < 4.78 is 43.5. The van der Waals surface area contributed by atoms with Crippen LogP contribution in [0.4, 0.5) is 18.9 Å². The van der Waals surface area contributed by atoms with Crippen LogP contribution in [0.25, 0.3) is 0 Å². The zero-order valence-corrected chi connectivity index (χ0v) is 10.0. The van der Waals surface area contributed by atoms with Gasteiger partial charge in [0.25, 0.3) is 0 Å². The van der Waals surface area contributed by atoms with Gasteiger partial charge in [0, 0.05) is 6.20 Å². The number of nitrogens with zero attached hydrogens (tertiary/aromatic N) is 1. The first-order chi connectivity index (χ1) is 8.88. The Morgan fingerprint density at radius 1 is 1.21 bits per heavy atom. The molecule has 0 aliphatic heterocycles. The highest BCUT2D eigenvalue weighted by Crippen LogP contribution is 2.38. The van der Waals surface area contributed by atoms with Crippen LogP contribution >= 0.6 is 0 Å². The first-order valence-electron chi connectivity index (χ1n) is 5.44. The Morgan fingerprint density at radius 3 is 2.53 bits per heavy atom. The number of anilines is 1. The van der Waals surface area contributed by atoms with Gasteiger partial charge in [0.05, 0.1) is 11.3 Å². The summed E-state index contributed by atoms with van der Waals surface area (Å²) in [5.74, 6) is -0.361. The third-order valence-corrected chi connectivity index (χ3v) is 2.41. The lowest BCUT2D eigenvalue weighted by Crippen LogP contribution is -2.07. The van der Waals surface area contributed by atoms with Crippen LogP contribution in [0.15, 0.2) is 36.5 Å². The van der Waals surface area contributed by atoms with Crippen LogP contribution in [0.2, 0.25) is 0 Å². The molecular weight excluding hydrogens is 257 g/mol. The van der Waals surface area contributed by atoms with Crippen LogP contribution in [0, 0.1) is 6.92 Å². The van der Waals surface area contributed by atoms with E-state index in [-0.39, 0.29) is 17.3 Å². The monoisotopic (exact) mass is 268 g/mol. The van der Waals surface area contributed by atoms with Gasteiger partial charge < -0.3 is 10.5 Å². The summed E-state index contributed by atoms with van der Waals surface area (Å²) in [6.07, 6.45) is -3.02. The van der Waals surface area contributed by atoms with E-state index >= 15 is 0 Å². The molecule has 6 heteroatoms. The van der Waals surface area contributed by atoms with Crippen molar-refractivity contribution in [2.75, 3.05) is 5.73 Å². The normalized spacial score (nSPS) is 11.4. The van der Waals surface area contributed by atoms with E-state index in [1.165, 1.54) is 24.4 Å². The van der Waals surface area contributed by atoms with Gasteiger partial charge in [-0.2, -0.15) is 13.2 Å². The molecule has 1 aromatic carbocycles. The largest absolute Gasteiger partial charge is 0.436 e. The van der Waals surface area contributed by atoms with E-state index in [2.05, 4.69) is 4.98 Å². The molecule has 0 atom stereocenters. The molecule has 19 heavy (non-hydrogen) atoms. The molecule has 0 amide bonds. The Balaban J connectivity index is 2.39. The molecule has 1 aromatic heterocycles. The molecule has 100 valence electrons. The summed E-state index contributed by atoms with van der Waals surface area (Å²) in [7, 11) is 0. The molecule has 0 aliphatic carbocycles. The van der Waals surface area contributed by atoms with Crippen molar-refractivity contribution in [3.8, 4) is 11.6 Å². The minimum Gasteiger partial charge on any atom is -0.436 e. The average molecular weight is 268 g/mol. The highest BCUT2D eigenvalue weighted by molar-refractivity contribution is 5.51. The second-order valence-electron chi connectivity index (χ2n) is 4.00. The Bertz CT molecular complexity index is 597. The smallest absolute Gasteiger partial charge is 0.419 e. The van der Waals surface area contributed by atoms with Gasteiger partial charge in [-0.3, -0.25) is 0 Å². The Morgan fingerprint density at radius 2 is 1.89 bits per heavy atom. The van der Waals surface area contributed by atoms with E-state index in [1.54, 1.807) is 13.0 Å². The van der Waals surface area contributed by atoms with Crippen LogP contribution in [0.5, 0.6) is 11.6 Å². The number of hydrogen-bond donors (Lipinski definition) is 1. The van der Waals surface area contributed by atoms with Crippen molar-refractivity contribution in [3.05, 3.63) is 47.7 Å². The maximum atomic E-state index is 12.8. The maximum absolute atomic E-state index is 12.8. The zero-order chi connectivity index (χ0) is 14.0. The summed E-state index contributed by atoms with van der Waals surface area (Å²) in [5, 5.41) is 0. The number of rotatable bonds is 2. The van der Waals surface area contributed by atoms with Crippen molar-refractivity contribution in [1.82, 2.24) is 4.98 Å². The first-order valence-corrected chi connectivity index (χ1v) is 5.44. The molecule has 2 aromatic rings. The van der Waals surface area contributed by atoms with Crippen LogP contribution in [-0.4, -0.2) is 4.98 Å². The summed E-state index contributed by atoms with van der Waals surface area (Å²) in [6, 6.07) is 6.50. The fourth-order valence-corrected chi connectivity index (χ4v) is 1.56. The van der Waals surface area contributed by atoms with Crippen molar-refractivity contribution in [2.24, 2.45) is 0 Å². The van der Waals surface area contributed by atoms with Crippen molar-refractivity contribution in [3.63, 3.8) is 0 Å². The van der Waals surface area contributed by atoms with Gasteiger partial charge in [-0.1, -0.05) is 12.1 Å². The van der Waals surface area contributed by atoms with E-state index in [0.717, 1.165) is 11.6 Å². The minimum absolute atomic E-state index is 0.0395. The quantitative estimate of drug-likeness (QED) is 0.901. The predicted octanol–water partition coefficient (Wildman–Crippen LogP) is 3.78. The number of para-hydroxylation sites is 1. The molecule has 0 radical (unpaired) electrons. The lowest BCUT2D eigenvalue weighted by atomic mass is 10.2. The SMILES string of the molecule is Cc1cnc(Oc2ccccc2C(F)(F)F)c(N)c1. The van der Waals surface area contributed by atoms with Gasteiger partial charge in [-0.15, -0.1) is 0 Å². The van der Waals surface area contributed by atoms with Gasteiger partial charge in [0.2, 0.25) is 5.88 Å². The number of nitrogen functional groups attached to an aromatic ring is 1. The summed E-state index contributed by atoms with van der Waals surface area (Å²) >= 11 is 0. The van der Waals surface area contributed by atoms with Crippen molar-refractivity contribution in [1.29, 1.82) is 0 Å². The third-order valence-electron chi connectivity index (χ3n) is 2.41. The maximum Gasteiger partial charge on any atom is 0.419 e. The topological polar surface area (TPSA) is 48.1 Å². The second kappa shape index (κ2) is 4.79. The van der Waals surface area contributed by atoms with Gasteiger partial charge in [-0.25, -0.2) is 4.98 Å². The molecule has 0 saturated heterocycles. The molecule has 0 aliphatic rings. The number of pyridine rings is 1. The highest BCUT2D eigenvalue weighted by atomic mass is 19.4. The predicted molar refractivity (Wildman–Crippen MR) is 64.9 cm³/mol. The molecule has 3 nitrogen and oxygen atoms in total. The number of nitrogens with two attached hydrogens (primary N) is 1. The molecule has 0 bridgehead atoms. The average Bonchev–Trinajstić information content (AvgIpc) is 2.32. The lowest BCUT2D eigenvalue weighted by Gasteiger charge is -2.13. The molecule has 0 unspecified atom stereocenters. The van der Waals surface area contributed by atoms with Gasteiger partial charge in [0.1, 0.15) is 5.75 Å². The number of benzene rings is 1. The standard InChI is InChI=1S/C13H11F3N2O/c1-8-6-10(17)12(18-7-8)19-11-5-3-2-4-9(11)13(14,15)16/h2-7H,17H2,1H3. The number of aryl methyl sites for hydroxylation is 1.